The Balaban J connectivity index is 1.88. The van der Waals surface area contributed by atoms with Crippen molar-refractivity contribution < 1.29 is 13.2 Å². The van der Waals surface area contributed by atoms with Crippen molar-refractivity contribution >= 4 is 5.65 Å². The van der Waals surface area contributed by atoms with Gasteiger partial charge >= 0.3 is 6.18 Å². The second-order valence-corrected chi connectivity index (χ2v) is 6.23. The van der Waals surface area contributed by atoms with Crippen LogP contribution in [0.2, 0.25) is 0 Å². The molecule has 1 atom stereocenters. The average molecular weight is 352 g/mol. The number of hydrogen-bond acceptors (Lipinski definition) is 4. The number of rotatable bonds is 5. The molecule has 0 bridgehead atoms. The first-order valence-electron chi connectivity index (χ1n) is 7.90. The van der Waals surface area contributed by atoms with E-state index in [9.17, 15) is 13.2 Å². The molecule has 0 spiro atoms. The SMILES string of the molecule is CC(C)C(NCc1cnn(C)c1C(F)(F)F)c1nnc2ccccn12. The lowest BCUT2D eigenvalue weighted by atomic mass is 10.0. The first-order valence-corrected chi connectivity index (χ1v) is 7.90. The molecule has 0 radical (unpaired) electrons. The standard InChI is InChI=1S/C16H19F3N6/c1-10(2)13(15-23-22-12-6-4-5-7-25(12)15)20-8-11-9-21-24(3)14(11)16(17,18)19/h4-7,9-10,13,20H,8H2,1-3H3. The Labute approximate surface area is 142 Å². The van der Waals surface area contributed by atoms with Gasteiger partial charge in [0.1, 0.15) is 5.69 Å². The summed E-state index contributed by atoms with van der Waals surface area (Å²) in [6.45, 7) is 4.00. The molecule has 1 unspecified atom stereocenters. The van der Waals surface area contributed by atoms with Crippen molar-refractivity contribution in [3.8, 4) is 0 Å². The second kappa shape index (κ2) is 6.47. The number of aryl methyl sites for hydroxylation is 1. The predicted molar refractivity (Wildman–Crippen MR) is 85.6 cm³/mol. The summed E-state index contributed by atoms with van der Waals surface area (Å²) in [5.74, 6) is 0.779. The highest BCUT2D eigenvalue weighted by atomic mass is 19.4. The van der Waals surface area contributed by atoms with Crippen LogP contribution in [0.1, 0.15) is 37.0 Å². The third kappa shape index (κ3) is 3.37. The Bertz CT molecular complexity index is 864. The van der Waals surface area contributed by atoms with Gasteiger partial charge in [0.2, 0.25) is 0 Å². The Morgan fingerprint density at radius 2 is 1.96 bits per heavy atom. The number of alkyl halides is 3. The van der Waals surface area contributed by atoms with E-state index in [1.165, 1.54) is 13.2 Å². The van der Waals surface area contributed by atoms with Crippen LogP contribution >= 0.6 is 0 Å². The normalized spacial score (nSPS) is 13.7. The Kier molecular flexibility index (Phi) is 4.51. The lowest BCUT2D eigenvalue weighted by Crippen LogP contribution is -2.28. The fourth-order valence-electron chi connectivity index (χ4n) is 2.89. The molecule has 0 saturated carbocycles. The van der Waals surface area contributed by atoms with Crippen molar-refractivity contribution in [3.63, 3.8) is 0 Å². The molecule has 0 saturated heterocycles. The Morgan fingerprint density at radius 3 is 2.64 bits per heavy atom. The van der Waals surface area contributed by atoms with Gasteiger partial charge in [0, 0.05) is 25.4 Å². The minimum Gasteiger partial charge on any atom is -0.303 e. The number of fused-ring (bicyclic) bond motifs is 1. The third-order valence-corrected chi connectivity index (χ3v) is 4.08. The van der Waals surface area contributed by atoms with Crippen molar-refractivity contribution in [2.45, 2.75) is 32.6 Å². The highest BCUT2D eigenvalue weighted by Crippen LogP contribution is 2.32. The topological polar surface area (TPSA) is 60.0 Å². The summed E-state index contributed by atoms with van der Waals surface area (Å²) < 4.78 is 42.3. The maximum Gasteiger partial charge on any atom is 0.433 e. The summed E-state index contributed by atoms with van der Waals surface area (Å²) in [5, 5.41) is 15.2. The van der Waals surface area contributed by atoms with Crippen molar-refractivity contribution in [1.82, 2.24) is 29.7 Å². The van der Waals surface area contributed by atoms with E-state index in [-0.39, 0.29) is 24.1 Å². The van der Waals surface area contributed by atoms with Crippen LogP contribution in [0.5, 0.6) is 0 Å². The number of aromatic nitrogens is 5. The van der Waals surface area contributed by atoms with E-state index in [1.54, 1.807) is 0 Å². The van der Waals surface area contributed by atoms with Crippen LogP contribution in [0.3, 0.4) is 0 Å². The van der Waals surface area contributed by atoms with Crippen molar-refractivity contribution in [1.29, 1.82) is 0 Å². The molecule has 0 aliphatic heterocycles. The second-order valence-electron chi connectivity index (χ2n) is 6.23. The molecule has 3 aromatic rings. The molecule has 0 fully saturated rings. The van der Waals surface area contributed by atoms with Gasteiger partial charge in [0.15, 0.2) is 11.5 Å². The van der Waals surface area contributed by atoms with E-state index in [2.05, 4.69) is 20.6 Å². The summed E-state index contributed by atoms with van der Waals surface area (Å²) in [4.78, 5) is 0. The van der Waals surface area contributed by atoms with E-state index in [0.29, 0.717) is 11.5 Å². The van der Waals surface area contributed by atoms with Crippen molar-refractivity contribution in [3.05, 3.63) is 47.7 Å². The molecule has 3 heterocycles. The highest BCUT2D eigenvalue weighted by Gasteiger charge is 2.37. The zero-order valence-corrected chi connectivity index (χ0v) is 14.1. The lowest BCUT2D eigenvalue weighted by molar-refractivity contribution is -0.144. The summed E-state index contributed by atoms with van der Waals surface area (Å²) in [6.07, 6.45) is -1.36. The number of nitrogens with zero attached hydrogens (tertiary/aromatic N) is 5. The van der Waals surface area contributed by atoms with Gasteiger partial charge in [-0.15, -0.1) is 10.2 Å². The number of hydrogen-bond donors (Lipinski definition) is 1. The molecule has 3 rings (SSSR count). The highest BCUT2D eigenvalue weighted by molar-refractivity contribution is 5.37. The van der Waals surface area contributed by atoms with E-state index >= 15 is 0 Å². The van der Waals surface area contributed by atoms with Gasteiger partial charge in [0.05, 0.1) is 12.2 Å². The van der Waals surface area contributed by atoms with Gasteiger partial charge in [0.25, 0.3) is 0 Å². The fraction of sp³-hybridized carbons (Fsp3) is 0.438. The average Bonchev–Trinajstić information content (AvgIpc) is 3.11. The van der Waals surface area contributed by atoms with Crippen LogP contribution in [0.4, 0.5) is 13.2 Å². The first kappa shape index (κ1) is 17.4. The molecule has 0 aliphatic rings. The molecule has 9 heteroatoms. The zero-order chi connectivity index (χ0) is 18.2. The molecular weight excluding hydrogens is 333 g/mol. The fourth-order valence-corrected chi connectivity index (χ4v) is 2.89. The van der Waals surface area contributed by atoms with Gasteiger partial charge in [-0.25, -0.2) is 0 Å². The molecular formula is C16H19F3N6. The molecule has 3 aromatic heterocycles. The molecule has 0 aliphatic carbocycles. The van der Waals surface area contributed by atoms with Crippen LogP contribution in [0.15, 0.2) is 30.6 Å². The number of halogens is 3. The molecule has 134 valence electrons. The van der Waals surface area contributed by atoms with E-state index in [0.717, 1.165) is 4.68 Å². The zero-order valence-electron chi connectivity index (χ0n) is 14.1. The minimum absolute atomic E-state index is 0.0350. The maximum absolute atomic E-state index is 13.2. The van der Waals surface area contributed by atoms with Crippen LogP contribution in [-0.2, 0) is 19.8 Å². The predicted octanol–water partition coefficient (Wildman–Crippen LogP) is 2.97. The van der Waals surface area contributed by atoms with E-state index in [1.807, 2.05) is 42.6 Å². The van der Waals surface area contributed by atoms with E-state index < -0.39 is 11.9 Å². The van der Waals surface area contributed by atoms with Gasteiger partial charge < -0.3 is 5.32 Å². The van der Waals surface area contributed by atoms with Crippen LogP contribution in [0.25, 0.3) is 5.65 Å². The quantitative estimate of drug-likeness (QED) is 0.767. The Hall–Kier alpha value is -2.42. The van der Waals surface area contributed by atoms with Crippen LogP contribution in [0, 0.1) is 5.92 Å². The smallest absolute Gasteiger partial charge is 0.303 e. The maximum atomic E-state index is 13.2. The van der Waals surface area contributed by atoms with Crippen LogP contribution < -0.4 is 5.32 Å². The third-order valence-electron chi connectivity index (χ3n) is 4.08. The van der Waals surface area contributed by atoms with Gasteiger partial charge in [-0.05, 0) is 18.1 Å². The molecule has 25 heavy (non-hydrogen) atoms. The molecule has 1 N–H and O–H groups in total. The Morgan fingerprint density at radius 1 is 1.20 bits per heavy atom. The summed E-state index contributed by atoms with van der Waals surface area (Å²) >= 11 is 0. The van der Waals surface area contributed by atoms with E-state index in [4.69, 9.17) is 0 Å². The summed E-state index contributed by atoms with van der Waals surface area (Å²) in [5.41, 5.74) is 0.0605. The summed E-state index contributed by atoms with van der Waals surface area (Å²) in [7, 11) is 1.29. The van der Waals surface area contributed by atoms with Crippen molar-refractivity contribution in [2.75, 3.05) is 0 Å². The van der Waals surface area contributed by atoms with Crippen molar-refractivity contribution in [2.24, 2.45) is 13.0 Å². The first-order chi connectivity index (χ1) is 11.8. The monoisotopic (exact) mass is 352 g/mol. The summed E-state index contributed by atoms with van der Waals surface area (Å²) in [6, 6.07) is 5.30. The largest absolute Gasteiger partial charge is 0.433 e. The van der Waals surface area contributed by atoms with Gasteiger partial charge in [-0.2, -0.15) is 18.3 Å². The van der Waals surface area contributed by atoms with Gasteiger partial charge in [-0.1, -0.05) is 19.9 Å². The van der Waals surface area contributed by atoms with Gasteiger partial charge in [-0.3, -0.25) is 9.08 Å². The minimum atomic E-state index is -4.45. The molecule has 0 amide bonds. The lowest BCUT2D eigenvalue weighted by Gasteiger charge is -2.21. The number of nitrogens with one attached hydrogen (secondary N) is 1. The number of pyridine rings is 1. The van der Waals surface area contributed by atoms with Crippen LogP contribution in [-0.4, -0.2) is 24.4 Å². The molecule has 0 aromatic carbocycles. The molecule has 6 nitrogen and oxygen atoms in total.